The number of carbonyl (C=O) groups excluding carboxylic acids is 1. The molecule has 1 aromatic heterocycles. The van der Waals surface area contributed by atoms with Gasteiger partial charge in [0.2, 0.25) is 5.75 Å². The first-order valence-electron chi connectivity index (χ1n) is 9.88. The Bertz CT molecular complexity index is 1160. The van der Waals surface area contributed by atoms with E-state index in [1.54, 1.807) is 38.5 Å². The minimum atomic E-state index is -0.997. The number of nitriles is 1. The summed E-state index contributed by atoms with van der Waals surface area (Å²) in [6, 6.07) is 10.9. The Labute approximate surface area is 196 Å². The number of Topliss-reactive ketones (excluding diaryl/α,β-unsaturated/α-hetero) is 1. The minimum Gasteiger partial charge on any atom is -0.493 e. The van der Waals surface area contributed by atoms with Crippen LogP contribution >= 0.6 is 11.3 Å². The molecule has 0 spiro atoms. The van der Waals surface area contributed by atoms with Crippen LogP contribution in [0.5, 0.6) is 28.7 Å². The van der Waals surface area contributed by atoms with Crippen molar-refractivity contribution in [2.75, 3.05) is 35.5 Å². The molecule has 2 aromatic carbocycles. The summed E-state index contributed by atoms with van der Waals surface area (Å²) in [7, 11) is 7.64. The fraction of sp³-hybridized carbons (Fsp3) is 0.292. The SMILES string of the molecule is COc1ccc(-c2csc([C@H](C#N)C(=O)Cc3cc(OC)c(OC)c(OC)c3)n2)cc1OC. The molecule has 1 heterocycles. The average Bonchev–Trinajstić information content (AvgIpc) is 3.33. The van der Waals surface area contributed by atoms with Gasteiger partial charge in [0.1, 0.15) is 5.01 Å². The molecule has 0 unspecified atom stereocenters. The van der Waals surface area contributed by atoms with Crippen LogP contribution in [-0.2, 0) is 11.2 Å². The van der Waals surface area contributed by atoms with E-state index in [1.807, 2.05) is 11.4 Å². The maximum atomic E-state index is 13.0. The van der Waals surface area contributed by atoms with E-state index in [-0.39, 0.29) is 12.2 Å². The number of aromatic nitrogens is 1. The molecule has 0 bridgehead atoms. The number of hydrogen-bond donors (Lipinski definition) is 0. The number of carbonyl (C=O) groups is 1. The zero-order chi connectivity index (χ0) is 24.0. The Kier molecular flexibility index (Phi) is 7.74. The molecule has 1 atom stereocenters. The predicted octanol–water partition coefficient (Wildman–Crippen LogP) is 4.27. The molecule has 8 nitrogen and oxygen atoms in total. The highest BCUT2D eigenvalue weighted by Gasteiger charge is 2.25. The second-order valence-corrected chi connectivity index (χ2v) is 7.77. The first-order valence-corrected chi connectivity index (χ1v) is 10.8. The lowest BCUT2D eigenvalue weighted by Crippen LogP contribution is -2.13. The van der Waals surface area contributed by atoms with Gasteiger partial charge in [0.15, 0.2) is 34.7 Å². The highest BCUT2D eigenvalue weighted by molar-refractivity contribution is 7.10. The largest absolute Gasteiger partial charge is 0.493 e. The molecule has 0 radical (unpaired) electrons. The van der Waals surface area contributed by atoms with Crippen molar-refractivity contribution in [3.05, 3.63) is 46.3 Å². The highest BCUT2D eigenvalue weighted by atomic mass is 32.1. The van der Waals surface area contributed by atoms with Crippen LogP contribution < -0.4 is 23.7 Å². The molecule has 0 saturated carbocycles. The number of ketones is 1. The van der Waals surface area contributed by atoms with Crippen molar-refractivity contribution in [2.24, 2.45) is 0 Å². The van der Waals surface area contributed by atoms with E-state index >= 15 is 0 Å². The van der Waals surface area contributed by atoms with E-state index in [2.05, 4.69) is 11.1 Å². The van der Waals surface area contributed by atoms with E-state index < -0.39 is 5.92 Å². The molecule has 0 N–H and O–H groups in total. The summed E-state index contributed by atoms with van der Waals surface area (Å²) in [5.74, 6) is 1.22. The summed E-state index contributed by atoms with van der Waals surface area (Å²) in [6.07, 6.45) is 0.0141. The van der Waals surface area contributed by atoms with Crippen molar-refractivity contribution in [1.82, 2.24) is 4.98 Å². The van der Waals surface area contributed by atoms with Gasteiger partial charge in [-0.1, -0.05) is 0 Å². The Balaban J connectivity index is 1.85. The van der Waals surface area contributed by atoms with Gasteiger partial charge >= 0.3 is 0 Å². The van der Waals surface area contributed by atoms with E-state index in [0.717, 1.165) is 5.56 Å². The fourth-order valence-corrected chi connectivity index (χ4v) is 4.25. The van der Waals surface area contributed by atoms with Crippen molar-refractivity contribution in [3.8, 4) is 46.1 Å². The predicted molar refractivity (Wildman–Crippen MR) is 124 cm³/mol. The molecule has 33 heavy (non-hydrogen) atoms. The van der Waals surface area contributed by atoms with E-state index in [4.69, 9.17) is 23.7 Å². The summed E-state index contributed by atoms with van der Waals surface area (Å²) in [4.78, 5) is 17.6. The molecular weight excluding hydrogens is 444 g/mol. The van der Waals surface area contributed by atoms with Crippen LogP contribution in [0.1, 0.15) is 16.5 Å². The Hall–Kier alpha value is -3.77. The third-order valence-electron chi connectivity index (χ3n) is 5.00. The van der Waals surface area contributed by atoms with E-state index in [0.29, 0.717) is 45.0 Å². The maximum absolute atomic E-state index is 13.0. The van der Waals surface area contributed by atoms with Crippen LogP contribution in [0.4, 0.5) is 0 Å². The second-order valence-electron chi connectivity index (χ2n) is 6.88. The summed E-state index contributed by atoms with van der Waals surface area (Å²) < 4.78 is 26.6. The average molecular weight is 469 g/mol. The van der Waals surface area contributed by atoms with Crippen LogP contribution in [0, 0.1) is 11.3 Å². The molecule has 3 aromatic rings. The minimum absolute atomic E-state index is 0.0141. The van der Waals surface area contributed by atoms with Crippen molar-refractivity contribution in [3.63, 3.8) is 0 Å². The molecule has 0 aliphatic heterocycles. The first-order chi connectivity index (χ1) is 16.0. The summed E-state index contributed by atoms with van der Waals surface area (Å²) in [6.45, 7) is 0. The third kappa shape index (κ3) is 5.02. The van der Waals surface area contributed by atoms with Crippen LogP contribution in [0.2, 0.25) is 0 Å². The van der Waals surface area contributed by atoms with E-state index in [1.165, 1.54) is 32.7 Å². The molecule has 0 fully saturated rings. The van der Waals surface area contributed by atoms with Gasteiger partial charge in [0, 0.05) is 17.4 Å². The molecule has 0 aliphatic rings. The molecule has 9 heteroatoms. The number of hydrogen-bond acceptors (Lipinski definition) is 9. The van der Waals surface area contributed by atoms with Crippen molar-refractivity contribution in [2.45, 2.75) is 12.3 Å². The van der Waals surface area contributed by atoms with Gasteiger partial charge in [-0.15, -0.1) is 11.3 Å². The molecule has 0 amide bonds. The highest BCUT2D eigenvalue weighted by Crippen LogP contribution is 2.39. The van der Waals surface area contributed by atoms with Gasteiger partial charge in [-0.3, -0.25) is 4.79 Å². The number of thiazole rings is 1. The van der Waals surface area contributed by atoms with Crippen molar-refractivity contribution >= 4 is 17.1 Å². The van der Waals surface area contributed by atoms with Gasteiger partial charge in [0.25, 0.3) is 0 Å². The lowest BCUT2D eigenvalue weighted by atomic mass is 9.99. The Morgan fingerprint density at radius 2 is 1.58 bits per heavy atom. The molecule has 172 valence electrons. The molecular formula is C24H24N2O6S. The second kappa shape index (κ2) is 10.7. The number of ether oxygens (including phenoxy) is 5. The maximum Gasteiger partial charge on any atom is 0.203 e. The van der Waals surface area contributed by atoms with Crippen LogP contribution in [-0.4, -0.2) is 46.3 Å². The normalized spacial score (nSPS) is 11.3. The van der Waals surface area contributed by atoms with Gasteiger partial charge in [-0.05, 0) is 35.9 Å². The monoisotopic (exact) mass is 468 g/mol. The fourth-order valence-electron chi connectivity index (χ4n) is 3.35. The summed E-state index contributed by atoms with van der Waals surface area (Å²) in [5.41, 5.74) is 2.09. The number of methoxy groups -OCH3 is 5. The quantitative estimate of drug-likeness (QED) is 0.435. The van der Waals surface area contributed by atoms with Crippen molar-refractivity contribution < 1.29 is 28.5 Å². The molecule has 3 rings (SSSR count). The lowest BCUT2D eigenvalue weighted by molar-refractivity contribution is -0.118. The first kappa shape index (κ1) is 23.9. The summed E-state index contributed by atoms with van der Waals surface area (Å²) in [5, 5.41) is 12.0. The molecule has 0 saturated heterocycles. The van der Waals surface area contributed by atoms with Gasteiger partial charge in [-0.2, -0.15) is 5.26 Å². The summed E-state index contributed by atoms with van der Waals surface area (Å²) >= 11 is 1.26. The Morgan fingerprint density at radius 1 is 0.939 bits per heavy atom. The zero-order valence-corrected chi connectivity index (χ0v) is 19.8. The number of rotatable bonds is 10. The van der Waals surface area contributed by atoms with Crippen LogP contribution in [0.3, 0.4) is 0 Å². The van der Waals surface area contributed by atoms with Gasteiger partial charge < -0.3 is 23.7 Å². The van der Waals surface area contributed by atoms with Crippen LogP contribution in [0.15, 0.2) is 35.7 Å². The molecule has 0 aliphatic carbocycles. The van der Waals surface area contributed by atoms with Gasteiger partial charge in [-0.25, -0.2) is 4.98 Å². The number of benzene rings is 2. The zero-order valence-electron chi connectivity index (χ0n) is 19.0. The topological polar surface area (TPSA) is 99.9 Å². The van der Waals surface area contributed by atoms with Crippen LogP contribution in [0.25, 0.3) is 11.3 Å². The standard InChI is InChI=1S/C24H24N2O6S/c1-28-19-7-6-15(11-20(19)29-2)17-13-33-24(26-17)16(12-25)18(27)8-14-9-21(30-3)23(32-5)22(10-14)31-4/h6-7,9-11,13,16H,8H2,1-5H3/t16-/m1/s1. The smallest absolute Gasteiger partial charge is 0.203 e. The third-order valence-corrected chi connectivity index (χ3v) is 5.91. The lowest BCUT2D eigenvalue weighted by Gasteiger charge is -2.14. The van der Waals surface area contributed by atoms with Gasteiger partial charge in [0.05, 0.1) is 47.3 Å². The van der Waals surface area contributed by atoms with Crippen molar-refractivity contribution in [1.29, 1.82) is 5.26 Å². The van der Waals surface area contributed by atoms with E-state index in [9.17, 15) is 10.1 Å². The number of nitrogens with zero attached hydrogens (tertiary/aromatic N) is 2. The Morgan fingerprint density at radius 3 is 2.12 bits per heavy atom.